The molecule has 17 heavy (non-hydrogen) atoms. The zero-order chi connectivity index (χ0) is 12.3. The number of hydrogen-bond acceptors (Lipinski definition) is 5. The van der Waals surface area contributed by atoms with Gasteiger partial charge in [0.05, 0.1) is 11.8 Å². The number of hydrogen-bond donors (Lipinski definition) is 1. The molecule has 0 radical (unpaired) electrons. The highest BCUT2D eigenvalue weighted by molar-refractivity contribution is 6.29. The van der Waals surface area contributed by atoms with Gasteiger partial charge in [-0.15, -0.1) is 10.2 Å². The molecule has 2 rings (SSSR count). The maximum Gasteiger partial charge on any atom is 0.337 e. The van der Waals surface area contributed by atoms with Crippen LogP contribution < -0.4 is 4.74 Å². The largest absolute Gasteiger partial charge is 0.478 e. The van der Waals surface area contributed by atoms with Crippen LogP contribution in [0.3, 0.4) is 0 Å². The second kappa shape index (κ2) is 4.75. The molecule has 0 saturated heterocycles. The summed E-state index contributed by atoms with van der Waals surface area (Å²) in [5.74, 6) is -0.606. The molecular formula is C10H6ClN3O3. The normalized spacial score (nSPS) is 9.94. The Bertz CT molecular complexity index is 545. The van der Waals surface area contributed by atoms with E-state index in [9.17, 15) is 4.79 Å². The third kappa shape index (κ3) is 2.88. The summed E-state index contributed by atoms with van der Waals surface area (Å²) in [6.07, 6.45) is 2.60. The molecule has 0 bridgehead atoms. The lowest BCUT2D eigenvalue weighted by Crippen LogP contribution is -1.98. The van der Waals surface area contributed by atoms with Gasteiger partial charge in [0, 0.05) is 12.3 Å². The van der Waals surface area contributed by atoms with Crippen LogP contribution in [-0.4, -0.2) is 26.3 Å². The maximum atomic E-state index is 10.7. The first-order valence-corrected chi connectivity index (χ1v) is 4.88. The van der Waals surface area contributed by atoms with E-state index in [1.54, 1.807) is 0 Å². The number of rotatable bonds is 3. The van der Waals surface area contributed by atoms with Gasteiger partial charge < -0.3 is 9.84 Å². The Labute approximate surface area is 101 Å². The lowest BCUT2D eigenvalue weighted by atomic mass is 10.3. The number of carbonyl (C=O) groups is 1. The first kappa shape index (κ1) is 11.3. The number of aromatic carboxylic acids is 1. The molecule has 2 heterocycles. The van der Waals surface area contributed by atoms with E-state index in [4.69, 9.17) is 21.4 Å². The van der Waals surface area contributed by atoms with Gasteiger partial charge in [0.15, 0.2) is 5.15 Å². The van der Waals surface area contributed by atoms with Gasteiger partial charge in [0.25, 0.3) is 0 Å². The van der Waals surface area contributed by atoms with Crippen LogP contribution in [0.1, 0.15) is 10.4 Å². The number of ether oxygens (including phenoxy) is 1. The number of carboxylic acids is 1. The average molecular weight is 252 g/mol. The van der Waals surface area contributed by atoms with Crippen molar-refractivity contribution in [2.45, 2.75) is 0 Å². The molecule has 0 saturated carbocycles. The summed E-state index contributed by atoms with van der Waals surface area (Å²) in [6, 6.07) is 4.37. The van der Waals surface area contributed by atoms with Gasteiger partial charge in [0.1, 0.15) is 5.75 Å². The average Bonchev–Trinajstić information content (AvgIpc) is 2.32. The second-order valence-corrected chi connectivity index (χ2v) is 3.40. The van der Waals surface area contributed by atoms with Crippen LogP contribution in [0.25, 0.3) is 0 Å². The smallest absolute Gasteiger partial charge is 0.337 e. The standard InChI is InChI=1S/C10H6ClN3O3/c11-8-1-2-9(14-13-8)17-7-3-6(10(15)16)4-12-5-7/h1-5H,(H,15,16). The molecule has 0 aliphatic heterocycles. The van der Waals surface area contributed by atoms with E-state index in [0.29, 0.717) is 0 Å². The van der Waals surface area contributed by atoms with Crippen LogP contribution in [0.15, 0.2) is 30.6 Å². The van der Waals surface area contributed by atoms with Gasteiger partial charge in [0.2, 0.25) is 5.88 Å². The quantitative estimate of drug-likeness (QED) is 0.898. The van der Waals surface area contributed by atoms with E-state index in [1.807, 2.05) is 0 Å². The molecule has 1 N–H and O–H groups in total. The molecule has 2 aromatic heterocycles. The van der Waals surface area contributed by atoms with Crippen molar-refractivity contribution in [3.8, 4) is 11.6 Å². The summed E-state index contributed by atoms with van der Waals surface area (Å²) in [6.45, 7) is 0. The van der Waals surface area contributed by atoms with Gasteiger partial charge in [-0.1, -0.05) is 11.6 Å². The molecule has 0 atom stereocenters. The Morgan fingerprint density at radius 2 is 2.12 bits per heavy atom. The molecule has 6 nitrogen and oxygen atoms in total. The molecule has 0 aliphatic carbocycles. The minimum atomic E-state index is -1.08. The first-order valence-electron chi connectivity index (χ1n) is 4.50. The summed E-state index contributed by atoms with van der Waals surface area (Å²) in [5, 5.41) is 16.3. The van der Waals surface area contributed by atoms with Crippen molar-refractivity contribution in [1.29, 1.82) is 0 Å². The van der Waals surface area contributed by atoms with E-state index >= 15 is 0 Å². The molecule has 0 spiro atoms. The minimum absolute atomic E-state index is 0.0319. The van der Waals surface area contributed by atoms with Crippen molar-refractivity contribution in [1.82, 2.24) is 15.2 Å². The van der Waals surface area contributed by atoms with E-state index in [1.165, 1.54) is 30.6 Å². The molecule has 0 unspecified atom stereocenters. The highest BCUT2D eigenvalue weighted by Gasteiger charge is 2.06. The highest BCUT2D eigenvalue weighted by Crippen LogP contribution is 2.19. The van der Waals surface area contributed by atoms with E-state index in [-0.39, 0.29) is 22.3 Å². The number of nitrogens with zero attached hydrogens (tertiary/aromatic N) is 3. The number of halogens is 1. The fourth-order valence-corrected chi connectivity index (χ4v) is 1.17. The van der Waals surface area contributed by atoms with Crippen molar-refractivity contribution >= 4 is 17.6 Å². The zero-order valence-corrected chi connectivity index (χ0v) is 9.13. The molecule has 7 heteroatoms. The highest BCUT2D eigenvalue weighted by atomic mass is 35.5. The number of aromatic nitrogens is 3. The van der Waals surface area contributed by atoms with Gasteiger partial charge in [-0.3, -0.25) is 4.98 Å². The van der Waals surface area contributed by atoms with Crippen molar-refractivity contribution in [2.24, 2.45) is 0 Å². The lowest BCUT2D eigenvalue weighted by Gasteiger charge is -2.03. The molecule has 0 aromatic carbocycles. The Kier molecular flexibility index (Phi) is 3.15. The summed E-state index contributed by atoms with van der Waals surface area (Å²) in [7, 11) is 0. The summed E-state index contributed by atoms with van der Waals surface area (Å²) < 4.78 is 5.27. The Balaban J connectivity index is 2.21. The molecule has 0 aliphatic rings. The molecular weight excluding hydrogens is 246 g/mol. The van der Waals surface area contributed by atoms with Crippen molar-refractivity contribution in [2.75, 3.05) is 0 Å². The van der Waals surface area contributed by atoms with Crippen LogP contribution in [0.5, 0.6) is 11.6 Å². The molecule has 86 valence electrons. The zero-order valence-electron chi connectivity index (χ0n) is 8.37. The Morgan fingerprint density at radius 3 is 2.76 bits per heavy atom. The van der Waals surface area contributed by atoms with E-state index in [2.05, 4.69) is 15.2 Å². The van der Waals surface area contributed by atoms with Crippen LogP contribution >= 0.6 is 11.6 Å². The fraction of sp³-hybridized carbons (Fsp3) is 0. The Hall–Kier alpha value is -2.21. The first-order chi connectivity index (χ1) is 8.15. The van der Waals surface area contributed by atoms with Crippen molar-refractivity contribution < 1.29 is 14.6 Å². The second-order valence-electron chi connectivity index (χ2n) is 3.01. The van der Waals surface area contributed by atoms with E-state index < -0.39 is 5.97 Å². The number of pyridine rings is 1. The van der Waals surface area contributed by atoms with Crippen LogP contribution in [0.2, 0.25) is 5.15 Å². The van der Waals surface area contributed by atoms with Crippen LogP contribution in [-0.2, 0) is 0 Å². The molecule has 2 aromatic rings. The Morgan fingerprint density at radius 1 is 1.29 bits per heavy atom. The summed E-state index contributed by atoms with van der Waals surface area (Å²) in [5.41, 5.74) is 0.0319. The molecule has 0 fully saturated rings. The van der Waals surface area contributed by atoms with Crippen LogP contribution in [0.4, 0.5) is 0 Å². The topological polar surface area (TPSA) is 85.2 Å². The maximum absolute atomic E-state index is 10.7. The third-order valence-electron chi connectivity index (χ3n) is 1.79. The SMILES string of the molecule is O=C(O)c1cncc(Oc2ccc(Cl)nn2)c1. The summed E-state index contributed by atoms with van der Waals surface area (Å²) in [4.78, 5) is 14.4. The van der Waals surface area contributed by atoms with Crippen LogP contribution in [0, 0.1) is 0 Å². The number of carboxylic acid groups (broad SMARTS) is 1. The predicted octanol–water partition coefficient (Wildman–Crippen LogP) is 2.02. The van der Waals surface area contributed by atoms with Crippen molar-refractivity contribution in [3.05, 3.63) is 41.3 Å². The fourth-order valence-electron chi connectivity index (χ4n) is 1.07. The van der Waals surface area contributed by atoms with Gasteiger partial charge in [-0.2, -0.15) is 0 Å². The van der Waals surface area contributed by atoms with Gasteiger partial charge in [-0.25, -0.2) is 4.79 Å². The summed E-state index contributed by atoms with van der Waals surface area (Å²) >= 11 is 5.56. The van der Waals surface area contributed by atoms with E-state index in [0.717, 1.165) is 0 Å². The lowest BCUT2D eigenvalue weighted by molar-refractivity contribution is 0.0696. The van der Waals surface area contributed by atoms with Crippen molar-refractivity contribution in [3.63, 3.8) is 0 Å². The monoisotopic (exact) mass is 251 g/mol. The third-order valence-corrected chi connectivity index (χ3v) is 1.99. The predicted molar refractivity (Wildman–Crippen MR) is 58.3 cm³/mol. The molecule has 0 amide bonds. The van der Waals surface area contributed by atoms with Gasteiger partial charge in [-0.05, 0) is 12.1 Å². The van der Waals surface area contributed by atoms with Gasteiger partial charge >= 0.3 is 5.97 Å². The minimum Gasteiger partial charge on any atom is -0.478 e.